The van der Waals surface area contributed by atoms with E-state index in [2.05, 4.69) is 15.5 Å². The number of hydrogen-bond donors (Lipinski definition) is 2. The molecule has 39 heavy (non-hydrogen) atoms. The lowest BCUT2D eigenvalue weighted by Crippen LogP contribution is -2.19. The molecule has 8 heteroatoms. The van der Waals surface area contributed by atoms with Gasteiger partial charge in [-0.25, -0.2) is 10.2 Å². The Labute approximate surface area is 230 Å². The Bertz CT molecular complexity index is 1680. The summed E-state index contributed by atoms with van der Waals surface area (Å²) in [4.78, 5) is 29.1. The molecule has 0 radical (unpaired) electrons. The third-order valence-corrected chi connectivity index (χ3v) is 6.28. The predicted octanol–water partition coefficient (Wildman–Crippen LogP) is 6.87. The maximum absolute atomic E-state index is 13.4. The van der Waals surface area contributed by atoms with Crippen LogP contribution in [-0.2, 0) is 0 Å². The van der Waals surface area contributed by atoms with Gasteiger partial charge in [0.25, 0.3) is 5.91 Å². The summed E-state index contributed by atoms with van der Waals surface area (Å²) in [6, 6.07) is 28.5. The smallest absolute Gasteiger partial charge is 0.343 e. The number of halogens is 1. The van der Waals surface area contributed by atoms with Crippen molar-refractivity contribution in [3.05, 3.63) is 119 Å². The first-order chi connectivity index (χ1) is 19.0. The molecule has 5 aromatic rings. The van der Waals surface area contributed by atoms with Crippen LogP contribution >= 0.6 is 11.6 Å². The normalized spacial score (nSPS) is 11.0. The molecule has 4 aromatic carbocycles. The molecule has 0 unspecified atom stereocenters. The van der Waals surface area contributed by atoms with Crippen molar-refractivity contribution in [1.29, 1.82) is 0 Å². The van der Waals surface area contributed by atoms with Crippen LogP contribution in [0.1, 0.15) is 33.3 Å². The first kappa shape index (κ1) is 25.8. The monoisotopic (exact) mass is 537 g/mol. The SMILES string of the molecule is CCOc1ccc2[nH]c(C(=O)NN=Cc3ccccc3OC(=O)c3ccccc3)c(-c3ccccc3Cl)c2c1. The number of aromatic amines is 1. The first-order valence-electron chi connectivity index (χ1n) is 12.3. The van der Waals surface area contributed by atoms with Crippen LogP contribution in [0.25, 0.3) is 22.0 Å². The Balaban J connectivity index is 1.43. The number of carbonyl (C=O) groups is 2. The number of aromatic nitrogens is 1. The van der Waals surface area contributed by atoms with Gasteiger partial charge in [-0.3, -0.25) is 4.79 Å². The van der Waals surface area contributed by atoms with Crippen molar-refractivity contribution >= 4 is 40.6 Å². The number of nitrogens with zero attached hydrogens (tertiary/aromatic N) is 1. The highest BCUT2D eigenvalue weighted by atomic mass is 35.5. The Morgan fingerprint density at radius 3 is 2.49 bits per heavy atom. The number of hydrogen-bond acceptors (Lipinski definition) is 5. The third-order valence-electron chi connectivity index (χ3n) is 5.95. The summed E-state index contributed by atoms with van der Waals surface area (Å²) in [5.74, 6) is 0.0440. The largest absolute Gasteiger partial charge is 0.494 e. The Hall–Kier alpha value is -4.88. The molecule has 0 aliphatic rings. The summed E-state index contributed by atoms with van der Waals surface area (Å²) >= 11 is 6.53. The first-order valence-corrected chi connectivity index (χ1v) is 12.7. The van der Waals surface area contributed by atoms with E-state index < -0.39 is 11.9 Å². The predicted molar refractivity (Wildman–Crippen MR) is 153 cm³/mol. The van der Waals surface area contributed by atoms with Gasteiger partial charge in [0.05, 0.1) is 18.4 Å². The molecule has 5 rings (SSSR count). The topological polar surface area (TPSA) is 92.8 Å². The van der Waals surface area contributed by atoms with E-state index in [9.17, 15) is 9.59 Å². The number of H-pyrrole nitrogens is 1. The van der Waals surface area contributed by atoms with E-state index in [4.69, 9.17) is 21.1 Å². The zero-order valence-electron chi connectivity index (χ0n) is 21.0. The van der Waals surface area contributed by atoms with Gasteiger partial charge in [0.15, 0.2) is 0 Å². The lowest BCUT2D eigenvalue weighted by atomic mass is 10.0. The van der Waals surface area contributed by atoms with E-state index in [-0.39, 0.29) is 0 Å². The van der Waals surface area contributed by atoms with Crippen molar-refractivity contribution in [3.8, 4) is 22.6 Å². The summed E-state index contributed by atoms with van der Waals surface area (Å²) in [6.07, 6.45) is 1.43. The zero-order chi connectivity index (χ0) is 27.2. The standard InChI is InChI=1S/C31H24ClN3O4/c1-2-38-22-16-17-26-24(18-22)28(23-13-7-8-14-25(23)32)29(34-26)30(36)35-33-19-21-12-6-9-15-27(21)39-31(37)20-10-4-3-5-11-20/h3-19,34H,2H2,1H3,(H,35,36). The number of ether oxygens (including phenoxy) is 2. The van der Waals surface area contributed by atoms with Gasteiger partial charge >= 0.3 is 5.97 Å². The van der Waals surface area contributed by atoms with Crippen molar-refractivity contribution < 1.29 is 19.1 Å². The number of benzene rings is 4. The van der Waals surface area contributed by atoms with Gasteiger partial charge in [-0.15, -0.1) is 0 Å². The second-order valence-electron chi connectivity index (χ2n) is 8.49. The van der Waals surface area contributed by atoms with Gasteiger partial charge in [0.2, 0.25) is 0 Å². The highest BCUT2D eigenvalue weighted by Gasteiger charge is 2.21. The molecule has 0 saturated carbocycles. The minimum atomic E-state index is -0.491. The highest BCUT2D eigenvalue weighted by molar-refractivity contribution is 6.34. The minimum absolute atomic E-state index is 0.299. The molecule has 1 amide bonds. The van der Waals surface area contributed by atoms with Crippen LogP contribution in [0.15, 0.2) is 102 Å². The second-order valence-corrected chi connectivity index (χ2v) is 8.89. The molecule has 0 bridgehead atoms. The fraction of sp³-hybridized carbons (Fsp3) is 0.0645. The number of esters is 1. The Morgan fingerprint density at radius 1 is 0.949 bits per heavy atom. The molecule has 0 fully saturated rings. The summed E-state index contributed by atoms with van der Waals surface area (Å²) in [5, 5.41) is 5.44. The molecule has 7 nitrogen and oxygen atoms in total. The van der Waals surface area contributed by atoms with Gasteiger partial charge in [0, 0.05) is 32.6 Å². The van der Waals surface area contributed by atoms with Crippen molar-refractivity contribution in [3.63, 3.8) is 0 Å². The van der Waals surface area contributed by atoms with E-state index in [1.165, 1.54) is 6.21 Å². The Kier molecular flexibility index (Phi) is 7.70. The molecule has 2 N–H and O–H groups in total. The molecular formula is C31H24ClN3O4. The molecule has 0 spiro atoms. The molecule has 1 aromatic heterocycles. The van der Waals surface area contributed by atoms with Crippen molar-refractivity contribution in [2.45, 2.75) is 6.92 Å². The quantitative estimate of drug-likeness (QED) is 0.0977. The van der Waals surface area contributed by atoms with Crippen LogP contribution in [0, 0.1) is 0 Å². The fourth-order valence-corrected chi connectivity index (χ4v) is 4.40. The summed E-state index contributed by atoms with van der Waals surface area (Å²) in [6.45, 7) is 2.43. The number of para-hydroxylation sites is 1. The van der Waals surface area contributed by atoms with Crippen LogP contribution in [0.5, 0.6) is 11.5 Å². The molecule has 194 valence electrons. The van der Waals surface area contributed by atoms with E-state index in [1.807, 2.05) is 49.4 Å². The van der Waals surface area contributed by atoms with Crippen LogP contribution < -0.4 is 14.9 Å². The van der Waals surface area contributed by atoms with Crippen molar-refractivity contribution in [2.24, 2.45) is 5.10 Å². The summed E-state index contributed by atoms with van der Waals surface area (Å²) < 4.78 is 11.2. The number of hydrazone groups is 1. The Morgan fingerprint density at radius 2 is 1.69 bits per heavy atom. The molecular weight excluding hydrogens is 514 g/mol. The molecule has 1 heterocycles. The van der Waals surface area contributed by atoms with Crippen LogP contribution in [-0.4, -0.2) is 29.7 Å². The lowest BCUT2D eigenvalue weighted by Gasteiger charge is -2.08. The maximum atomic E-state index is 13.4. The van der Waals surface area contributed by atoms with Crippen molar-refractivity contribution in [2.75, 3.05) is 6.61 Å². The van der Waals surface area contributed by atoms with Gasteiger partial charge in [-0.1, -0.05) is 60.1 Å². The van der Waals surface area contributed by atoms with E-state index >= 15 is 0 Å². The molecule has 0 saturated heterocycles. The fourth-order valence-electron chi connectivity index (χ4n) is 4.17. The van der Waals surface area contributed by atoms with Gasteiger partial charge in [0.1, 0.15) is 17.2 Å². The van der Waals surface area contributed by atoms with Gasteiger partial charge < -0.3 is 14.5 Å². The number of carbonyl (C=O) groups excluding carboxylic acids is 2. The minimum Gasteiger partial charge on any atom is -0.494 e. The molecule has 0 aliphatic carbocycles. The van der Waals surface area contributed by atoms with E-state index in [1.54, 1.807) is 54.6 Å². The maximum Gasteiger partial charge on any atom is 0.343 e. The van der Waals surface area contributed by atoms with Gasteiger partial charge in [-0.2, -0.15) is 5.10 Å². The summed E-state index contributed by atoms with van der Waals surface area (Å²) in [7, 11) is 0. The van der Waals surface area contributed by atoms with Gasteiger partial charge in [-0.05, 0) is 55.5 Å². The van der Waals surface area contributed by atoms with Crippen molar-refractivity contribution in [1.82, 2.24) is 10.4 Å². The van der Waals surface area contributed by atoms with Crippen LogP contribution in [0.2, 0.25) is 5.02 Å². The van der Waals surface area contributed by atoms with E-state index in [0.29, 0.717) is 51.1 Å². The number of rotatable bonds is 8. The summed E-state index contributed by atoms with van der Waals surface area (Å²) in [5.41, 5.74) is 5.91. The average Bonchev–Trinajstić information content (AvgIpc) is 3.33. The highest BCUT2D eigenvalue weighted by Crippen LogP contribution is 2.38. The second kappa shape index (κ2) is 11.7. The zero-order valence-corrected chi connectivity index (χ0v) is 21.7. The van der Waals surface area contributed by atoms with Crippen LogP contribution in [0.4, 0.5) is 0 Å². The molecule has 0 aliphatic heterocycles. The third kappa shape index (κ3) is 5.68. The van der Waals surface area contributed by atoms with Crippen LogP contribution in [0.3, 0.4) is 0 Å². The number of fused-ring (bicyclic) bond motifs is 1. The average molecular weight is 538 g/mol. The molecule has 0 atom stereocenters. The number of nitrogens with one attached hydrogen (secondary N) is 2. The van der Waals surface area contributed by atoms with E-state index in [0.717, 1.165) is 10.9 Å². The number of amides is 1. The lowest BCUT2D eigenvalue weighted by molar-refractivity contribution is 0.0734.